The second kappa shape index (κ2) is 6.74. The van der Waals surface area contributed by atoms with Gasteiger partial charge in [-0.1, -0.05) is 42.8 Å². The smallest absolute Gasteiger partial charge is 0.306 e. The Morgan fingerprint density at radius 3 is 2.78 bits per heavy atom. The van der Waals surface area contributed by atoms with Crippen LogP contribution in [-0.2, 0) is 11.2 Å². The molecule has 6 heteroatoms. The van der Waals surface area contributed by atoms with Crippen molar-refractivity contribution in [2.45, 2.75) is 25.3 Å². The van der Waals surface area contributed by atoms with Crippen LogP contribution in [0.4, 0.5) is 0 Å². The van der Waals surface area contributed by atoms with Crippen molar-refractivity contribution in [3.8, 4) is 0 Å². The van der Waals surface area contributed by atoms with E-state index in [4.69, 9.17) is 11.6 Å². The molecular weight excluding hydrogens is 364 g/mol. The van der Waals surface area contributed by atoms with Gasteiger partial charge in [0.15, 0.2) is 0 Å². The molecule has 0 spiro atoms. The second-order valence-corrected chi connectivity index (χ2v) is 7.49. The maximum Gasteiger partial charge on any atom is 0.306 e. The number of aliphatic carboxylic acids is 1. The molecule has 1 heterocycles. The number of amides is 1. The number of aromatic nitrogens is 1. The first kappa shape index (κ1) is 17.6. The fourth-order valence-electron chi connectivity index (χ4n) is 4.01. The lowest BCUT2D eigenvalue weighted by Crippen LogP contribution is -2.41. The van der Waals surface area contributed by atoms with Gasteiger partial charge in [-0.3, -0.25) is 9.59 Å². The monoisotopic (exact) mass is 382 g/mol. The van der Waals surface area contributed by atoms with Crippen LogP contribution in [0.25, 0.3) is 10.9 Å². The molecule has 3 atom stereocenters. The summed E-state index contributed by atoms with van der Waals surface area (Å²) >= 11 is 6.01. The van der Waals surface area contributed by atoms with Crippen molar-refractivity contribution in [2.24, 2.45) is 5.92 Å². The number of benzene rings is 2. The average Bonchev–Trinajstić information content (AvgIpc) is 3.21. The van der Waals surface area contributed by atoms with Gasteiger partial charge in [-0.2, -0.15) is 0 Å². The molecule has 4 rings (SSSR count). The van der Waals surface area contributed by atoms with Crippen LogP contribution < -0.4 is 5.32 Å². The highest BCUT2D eigenvalue weighted by atomic mass is 35.5. The fraction of sp³-hybridized carbons (Fsp3) is 0.238. The summed E-state index contributed by atoms with van der Waals surface area (Å²) in [5.74, 6) is -1.97. The molecule has 3 N–H and O–H groups in total. The summed E-state index contributed by atoms with van der Waals surface area (Å²) < 4.78 is 0. The van der Waals surface area contributed by atoms with Crippen molar-refractivity contribution < 1.29 is 14.7 Å². The maximum atomic E-state index is 12.8. The Labute approximate surface area is 161 Å². The minimum atomic E-state index is -0.865. The lowest BCUT2D eigenvalue weighted by Gasteiger charge is -2.25. The van der Waals surface area contributed by atoms with Crippen LogP contribution >= 0.6 is 11.6 Å². The first-order valence-electron chi connectivity index (χ1n) is 8.84. The zero-order valence-electron chi connectivity index (χ0n) is 14.7. The number of fused-ring (bicyclic) bond motifs is 2. The van der Waals surface area contributed by atoms with Crippen molar-refractivity contribution in [1.82, 2.24) is 10.3 Å². The van der Waals surface area contributed by atoms with Gasteiger partial charge in [0.2, 0.25) is 0 Å². The average molecular weight is 383 g/mol. The molecule has 138 valence electrons. The highest BCUT2D eigenvalue weighted by Gasteiger charge is 2.39. The minimum absolute atomic E-state index is 0.247. The van der Waals surface area contributed by atoms with Gasteiger partial charge in [0.1, 0.15) is 5.69 Å². The number of halogens is 1. The third kappa shape index (κ3) is 3.19. The van der Waals surface area contributed by atoms with E-state index in [9.17, 15) is 14.7 Å². The molecule has 0 bridgehead atoms. The normalized spacial score (nSPS) is 19.6. The summed E-state index contributed by atoms with van der Waals surface area (Å²) in [6.45, 7) is 1.69. The van der Waals surface area contributed by atoms with E-state index >= 15 is 0 Å². The summed E-state index contributed by atoms with van der Waals surface area (Å²) in [6, 6.07) is 14.7. The number of hydrogen-bond acceptors (Lipinski definition) is 2. The van der Waals surface area contributed by atoms with Crippen molar-refractivity contribution in [3.05, 3.63) is 70.4 Å². The van der Waals surface area contributed by atoms with E-state index in [1.54, 1.807) is 25.1 Å². The Balaban J connectivity index is 1.62. The van der Waals surface area contributed by atoms with Crippen LogP contribution in [0, 0.1) is 5.92 Å². The lowest BCUT2D eigenvalue weighted by atomic mass is 9.86. The molecule has 1 aromatic heterocycles. The Morgan fingerprint density at radius 2 is 2.00 bits per heavy atom. The first-order valence-corrected chi connectivity index (χ1v) is 9.21. The summed E-state index contributed by atoms with van der Waals surface area (Å²) in [5.41, 5.74) is 3.35. The van der Waals surface area contributed by atoms with Gasteiger partial charge in [0.05, 0.1) is 5.92 Å². The van der Waals surface area contributed by atoms with Crippen LogP contribution in [0.15, 0.2) is 48.5 Å². The standard InChI is InChI=1S/C21H19ClN2O3/c1-11(21(26)27)19-15-5-3-2-4-12(15)9-17(19)24-20(25)18-10-13-8-14(22)6-7-16(13)23-18/h2-8,10-11,17,19,23H,9H2,1H3,(H,24,25)(H,26,27)/t11?,17-,19+/m0/s1. The predicted molar refractivity (Wildman–Crippen MR) is 104 cm³/mol. The fourth-order valence-corrected chi connectivity index (χ4v) is 4.19. The molecule has 27 heavy (non-hydrogen) atoms. The van der Waals surface area contributed by atoms with Gasteiger partial charge < -0.3 is 15.4 Å². The number of hydrogen-bond donors (Lipinski definition) is 3. The predicted octanol–water partition coefficient (Wildman–Crippen LogP) is 3.98. The van der Waals surface area contributed by atoms with E-state index < -0.39 is 11.9 Å². The summed E-state index contributed by atoms with van der Waals surface area (Å²) in [7, 11) is 0. The molecule has 0 saturated carbocycles. The van der Waals surface area contributed by atoms with Crippen LogP contribution in [0.3, 0.4) is 0 Å². The molecule has 0 saturated heterocycles. The largest absolute Gasteiger partial charge is 0.481 e. The molecule has 1 unspecified atom stereocenters. The van der Waals surface area contributed by atoms with E-state index in [1.807, 2.05) is 30.3 Å². The van der Waals surface area contributed by atoms with Crippen molar-refractivity contribution in [1.29, 1.82) is 0 Å². The third-order valence-electron chi connectivity index (χ3n) is 5.36. The van der Waals surface area contributed by atoms with Crippen LogP contribution in [0.2, 0.25) is 5.02 Å². The van der Waals surface area contributed by atoms with E-state index in [1.165, 1.54) is 0 Å². The molecule has 0 aliphatic heterocycles. The number of carbonyl (C=O) groups excluding carboxylic acids is 1. The van der Waals surface area contributed by atoms with Crippen LogP contribution in [-0.4, -0.2) is 28.0 Å². The highest BCUT2D eigenvalue weighted by Crippen LogP contribution is 2.38. The first-order chi connectivity index (χ1) is 12.9. The van der Waals surface area contributed by atoms with Crippen LogP contribution in [0.1, 0.15) is 34.5 Å². The summed E-state index contributed by atoms with van der Waals surface area (Å²) in [5, 5.41) is 14.0. The highest BCUT2D eigenvalue weighted by molar-refractivity contribution is 6.31. The Kier molecular flexibility index (Phi) is 4.40. The molecular formula is C21H19ClN2O3. The number of carboxylic acids is 1. The van der Waals surface area contributed by atoms with E-state index in [-0.39, 0.29) is 17.9 Å². The van der Waals surface area contributed by atoms with Gasteiger partial charge in [-0.15, -0.1) is 0 Å². The Morgan fingerprint density at radius 1 is 1.22 bits per heavy atom. The molecule has 1 aliphatic rings. The molecule has 1 aliphatic carbocycles. The van der Waals surface area contributed by atoms with Crippen LogP contribution in [0.5, 0.6) is 0 Å². The zero-order chi connectivity index (χ0) is 19.1. The van der Waals surface area contributed by atoms with Gasteiger partial charge >= 0.3 is 5.97 Å². The maximum absolute atomic E-state index is 12.8. The van der Waals surface area contributed by atoms with E-state index in [0.29, 0.717) is 17.1 Å². The van der Waals surface area contributed by atoms with Crippen molar-refractivity contribution >= 4 is 34.4 Å². The number of carboxylic acid groups (broad SMARTS) is 1. The molecule has 0 radical (unpaired) electrons. The number of aromatic amines is 1. The molecule has 2 aromatic carbocycles. The SMILES string of the molecule is CC(C(=O)O)[C@@H]1c2ccccc2C[C@@H]1NC(=O)c1cc2cc(Cl)ccc2[nH]1. The second-order valence-electron chi connectivity index (χ2n) is 7.05. The number of nitrogens with one attached hydrogen (secondary N) is 2. The molecule has 5 nitrogen and oxygen atoms in total. The van der Waals surface area contributed by atoms with Gasteiger partial charge in [-0.05, 0) is 41.8 Å². The summed E-state index contributed by atoms with van der Waals surface area (Å²) in [6.07, 6.45) is 0.621. The molecule has 1 amide bonds. The van der Waals surface area contributed by atoms with Gasteiger partial charge in [0.25, 0.3) is 5.91 Å². The third-order valence-corrected chi connectivity index (χ3v) is 5.59. The number of carbonyl (C=O) groups is 2. The lowest BCUT2D eigenvalue weighted by molar-refractivity contribution is -0.142. The quantitative estimate of drug-likeness (QED) is 0.638. The summed E-state index contributed by atoms with van der Waals surface area (Å²) in [4.78, 5) is 27.5. The van der Waals surface area contributed by atoms with E-state index in [2.05, 4.69) is 10.3 Å². The zero-order valence-corrected chi connectivity index (χ0v) is 15.5. The van der Waals surface area contributed by atoms with E-state index in [0.717, 1.165) is 22.0 Å². The number of rotatable bonds is 4. The van der Waals surface area contributed by atoms with Gasteiger partial charge in [0, 0.05) is 27.9 Å². The van der Waals surface area contributed by atoms with Crippen molar-refractivity contribution in [2.75, 3.05) is 0 Å². The minimum Gasteiger partial charge on any atom is -0.481 e. The van der Waals surface area contributed by atoms with Gasteiger partial charge in [-0.25, -0.2) is 0 Å². The Bertz CT molecular complexity index is 1040. The molecule has 3 aromatic rings. The number of H-pyrrole nitrogens is 1. The topological polar surface area (TPSA) is 82.2 Å². The van der Waals surface area contributed by atoms with Crippen molar-refractivity contribution in [3.63, 3.8) is 0 Å². The molecule has 0 fully saturated rings. The Hall–Kier alpha value is -2.79.